The Morgan fingerprint density at radius 3 is 2.58 bits per heavy atom. The molecule has 2 heterocycles. The largest absolute Gasteiger partial charge is 0.383 e. The maximum absolute atomic E-state index is 13.5. The van der Waals surface area contributed by atoms with Crippen molar-refractivity contribution in [2.24, 2.45) is 11.8 Å². The van der Waals surface area contributed by atoms with Crippen LogP contribution in [0.2, 0.25) is 0 Å². The highest BCUT2D eigenvalue weighted by Gasteiger charge is 2.34. The van der Waals surface area contributed by atoms with Gasteiger partial charge in [0.15, 0.2) is 0 Å². The third-order valence-corrected chi connectivity index (χ3v) is 8.98. The molecule has 1 aromatic heterocycles. The SMILES string of the molecule is COCCN(CC1C[C@@H]1C)c1cc(C(=O)NCC2NCCC[C@H]2c2ccccc2)cc(N(C)S(C)(=O)=O)n1. The third kappa shape index (κ3) is 7.24. The number of hydrogen-bond acceptors (Lipinski definition) is 7. The van der Waals surface area contributed by atoms with Crippen molar-refractivity contribution in [2.45, 2.75) is 38.1 Å². The van der Waals surface area contributed by atoms with Gasteiger partial charge in [-0.05, 0) is 55.3 Å². The molecule has 1 aromatic carbocycles. The fourth-order valence-electron chi connectivity index (χ4n) is 5.13. The Kier molecular flexibility index (Phi) is 9.27. The fourth-order valence-corrected chi connectivity index (χ4v) is 5.57. The first-order chi connectivity index (χ1) is 18.2. The first-order valence-corrected chi connectivity index (χ1v) is 15.3. The van der Waals surface area contributed by atoms with Crippen molar-refractivity contribution < 1.29 is 17.9 Å². The average molecular weight is 544 g/mol. The van der Waals surface area contributed by atoms with Crippen molar-refractivity contribution in [2.75, 3.05) is 62.4 Å². The molecular weight excluding hydrogens is 502 g/mol. The van der Waals surface area contributed by atoms with Crippen LogP contribution in [-0.4, -0.2) is 78.5 Å². The molecule has 0 bridgehead atoms. The molecule has 0 radical (unpaired) electrons. The van der Waals surface area contributed by atoms with Crippen LogP contribution < -0.4 is 19.8 Å². The number of pyridine rings is 1. The normalized spacial score (nSPS) is 23.1. The number of benzene rings is 1. The zero-order chi connectivity index (χ0) is 27.3. The van der Waals surface area contributed by atoms with E-state index >= 15 is 0 Å². The molecule has 2 unspecified atom stereocenters. The first kappa shape index (κ1) is 28.3. The van der Waals surface area contributed by atoms with E-state index in [9.17, 15) is 13.2 Å². The summed E-state index contributed by atoms with van der Waals surface area (Å²) in [6.45, 7) is 5.51. The molecule has 1 aliphatic heterocycles. The predicted octanol–water partition coefficient (Wildman–Crippen LogP) is 2.85. The minimum atomic E-state index is -3.56. The summed E-state index contributed by atoms with van der Waals surface area (Å²) in [5, 5.41) is 6.68. The molecular formula is C28H41N5O4S. The van der Waals surface area contributed by atoms with E-state index in [1.165, 1.54) is 12.6 Å². The predicted molar refractivity (Wildman–Crippen MR) is 151 cm³/mol. The Bertz CT molecular complexity index is 1190. The van der Waals surface area contributed by atoms with Crippen LogP contribution in [0.15, 0.2) is 42.5 Å². The lowest BCUT2D eigenvalue weighted by atomic mass is 9.84. The molecule has 1 aliphatic carbocycles. The molecule has 10 heteroatoms. The van der Waals surface area contributed by atoms with Gasteiger partial charge in [-0.3, -0.25) is 9.10 Å². The van der Waals surface area contributed by atoms with E-state index in [-0.39, 0.29) is 17.8 Å². The summed E-state index contributed by atoms with van der Waals surface area (Å²) in [5.74, 6) is 2.06. The van der Waals surface area contributed by atoms with Gasteiger partial charge in [-0.25, -0.2) is 13.4 Å². The van der Waals surface area contributed by atoms with Gasteiger partial charge in [0.25, 0.3) is 5.91 Å². The number of rotatable bonds is 12. The van der Waals surface area contributed by atoms with Gasteiger partial charge in [0, 0.05) is 51.3 Å². The Hall–Kier alpha value is -2.69. The summed E-state index contributed by atoms with van der Waals surface area (Å²) in [6, 6.07) is 13.8. The molecule has 1 amide bonds. The second kappa shape index (κ2) is 12.4. The van der Waals surface area contributed by atoms with Crippen molar-refractivity contribution in [3.63, 3.8) is 0 Å². The lowest BCUT2D eigenvalue weighted by Crippen LogP contribution is -2.47. The van der Waals surface area contributed by atoms with Gasteiger partial charge >= 0.3 is 0 Å². The highest BCUT2D eigenvalue weighted by atomic mass is 32.2. The Labute approximate surface area is 227 Å². The number of sulfonamides is 1. The van der Waals surface area contributed by atoms with Crippen LogP contribution in [0.4, 0.5) is 11.6 Å². The highest BCUT2D eigenvalue weighted by molar-refractivity contribution is 7.92. The number of carbonyl (C=O) groups excluding carboxylic acids is 1. The van der Waals surface area contributed by atoms with Gasteiger partial charge in [0.05, 0.1) is 12.9 Å². The van der Waals surface area contributed by atoms with Crippen molar-refractivity contribution >= 4 is 27.6 Å². The van der Waals surface area contributed by atoms with Crippen molar-refractivity contribution in [1.82, 2.24) is 15.6 Å². The summed E-state index contributed by atoms with van der Waals surface area (Å²) in [7, 11) is -0.445. The second-order valence-corrected chi connectivity index (χ2v) is 12.7. The lowest BCUT2D eigenvalue weighted by Gasteiger charge is -2.33. The number of hydrogen-bond donors (Lipinski definition) is 2. The minimum Gasteiger partial charge on any atom is -0.383 e. The van der Waals surface area contributed by atoms with Gasteiger partial charge in [-0.2, -0.15) is 0 Å². The van der Waals surface area contributed by atoms with Crippen LogP contribution in [0.3, 0.4) is 0 Å². The van der Waals surface area contributed by atoms with Crippen LogP contribution in [-0.2, 0) is 14.8 Å². The number of ether oxygens (including phenoxy) is 1. The van der Waals surface area contributed by atoms with Crippen LogP contribution in [0.25, 0.3) is 0 Å². The molecule has 38 heavy (non-hydrogen) atoms. The van der Waals surface area contributed by atoms with Crippen LogP contribution >= 0.6 is 0 Å². The number of anilines is 2. The molecule has 1 saturated heterocycles. The number of aromatic nitrogens is 1. The van der Waals surface area contributed by atoms with Crippen LogP contribution in [0, 0.1) is 11.8 Å². The van der Waals surface area contributed by atoms with Crippen molar-refractivity contribution in [3.8, 4) is 0 Å². The van der Waals surface area contributed by atoms with E-state index in [0.717, 1.165) is 42.9 Å². The number of amides is 1. The molecule has 0 spiro atoms. The number of carbonyl (C=O) groups is 1. The highest BCUT2D eigenvalue weighted by Crippen LogP contribution is 2.39. The average Bonchev–Trinajstić information content (AvgIpc) is 3.63. The van der Waals surface area contributed by atoms with E-state index < -0.39 is 10.0 Å². The molecule has 4 rings (SSSR count). The van der Waals surface area contributed by atoms with Gasteiger partial charge in [-0.15, -0.1) is 0 Å². The fraction of sp³-hybridized carbons (Fsp3) is 0.571. The molecule has 1 saturated carbocycles. The third-order valence-electron chi connectivity index (χ3n) is 7.80. The lowest BCUT2D eigenvalue weighted by molar-refractivity contribution is 0.0946. The Morgan fingerprint density at radius 1 is 1.21 bits per heavy atom. The molecule has 4 atom stereocenters. The molecule has 208 valence electrons. The maximum atomic E-state index is 13.5. The van der Waals surface area contributed by atoms with Crippen LogP contribution in [0.5, 0.6) is 0 Å². The summed E-state index contributed by atoms with van der Waals surface area (Å²) in [5.41, 5.74) is 1.66. The molecule has 2 N–H and O–H groups in total. The number of piperidine rings is 1. The van der Waals surface area contributed by atoms with Gasteiger partial charge in [0.2, 0.25) is 10.0 Å². The topological polar surface area (TPSA) is 104 Å². The van der Waals surface area contributed by atoms with E-state index in [1.54, 1.807) is 19.2 Å². The van der Waals surface area contributed by atoms with E-state index in [2.05, 4.69) is 51.7 Å². The zero-order valence-electron chi connectivity index (χ0n) is 22.9. The molecule has 9 nitrogen and oxygen atoms in total. The molecule has 2 aliphatic rings. The van der Waals surface area contributed by atoms with Crippen molar-refractivity contribution in [1.29, 1.82) is 0 Å². The van der Waals surface area contributed by atoms with E-state index in [0.29, 0.717) is 48.8 Å². The smallest absolute Gasteiger partial charge is 0.251 e. The molecule has 2 aromatic rings. The zero-order valence-corrected chi connectivity index (χ0v) is 23.7. The monoisotopic (exact) mass is 543 g/mol. The maximum Gasteiger partial charge on any atom is 0.251 e. The number of nitrogens with zero attached hydrogens (tertiary/aromatic N) is 3. The number of methoxy groups -OCH3 is 1. The Balaban J connectivity index is 1.57. The van der Waals surface area contributed by atoms with Gasteiger partial charge < -0.3 is 20.3 Å². The quantitative estimate of drug-likeness (QED) is 0.424. The number of nitrogens with one attached hydrogen (secondary N) is 2. The van der Waals surface area contributed by atoms with Crippen molar-refractivity contribution in [3.05, 3.63) is 53.6 Å². The van der Waals surface area contributed by atoms with Gasteiger partial charge in [0.1, 0.15) is 11.6 Å². The van der Waals surface area contributed by atoms with E-state index in [4.69, 9.17) is 4.74 Å². The standard InChI is InChI=1S/C28H41N5O4S/c1-20-15-23(20)19-33(13-14-37-3)27-17-22(16-26(31-27)32(2)38(4,35)36)28(34)30-18-25-24(11-8-12-29-25)21-9-6-5-7-10-21/h5-7,9-10,16-17,20,23-25,29H,8,11-15,18-19H2,1-4H3,(H,30,34)/t20-,23?,24-,25?/m0/s1. The Morgan fingerprint density at radius 2 is 1.92 bits per heavy atom. The summed E-state index contributed by atoms with van der Waals surface area (Å²) >= 11 is 0. The first-order valence-electron chi connectivity index (χ1n) is 13.4. The minimum absolute atomic E-state index is 0.115. The summed E-state index contributed by atoms with van der Waals surface area (Å²) in [6.07, 6.45) is 4.44. The van der Waals surface area contributed by atoms with Crippen LogP contribution in [0.1, 0.15) is 48.0 Å². The van der Waals surface area contributed by atoms with Gasteiger partial charge in [-0.1, -0.05) is 37.3 Å². The second-order valence-electron chi connectivity index (χ2n) is 10.6. The van der Waals surface area contributed by atoms with E-state index in [1.807, 2.05) is 6.07 Å². The summed E-state index contributed by atoms with van der Waals surface area (Å²) < 4.78 is 31.1. The summed E-state index contributed by atoms with van der Waals surface area (Å²) in [4.78, 5) is 20.2. The molecule has 2 fully saturated rings.